The van der Waals surface area contributed by atoms with Crippen molar-refractivity contribution in [1.29, 1.82) is 0 Å². The van der Waals surface area contributed by atoms with E-state index in [1.807, 2.05) is 24.3 Å². The standard InChI is InChI=1S/C14H17N3O2/c1-18-11-4-3-10(14(7-11)19-2)8-17-13-5-6-16-9-12(13)15/h3-7,9H,8,15H2,1-2H3,(H,16,17). The smallest absolute Gasteiger partial charge is 0.127 e. The second kappa shape index (κ2) is 5.95. The summed E-state index contributed by atoms with van der Waals surface area (Å²) in [5, 5.41) is 3.26. The van der Waals surface area contributed by atoms with E-state index in [4.69, 9.17) is 15.2 Å². The summed E-state index contributed by atoms with van der Waals surface area (Å²) in [6.45, 7) is 0.612. The highest BCUT2D eigenvalue weighted by Crippen LogP contribution is 2.26. The second-order valence-electron chi connectivity index (χ2n) is 3.99. The second-order valence-corrected chi connectivity index (χ2v) is 3.99. The number of hydrogen-bond donors (Lipinski definition) is 2. The van der Waals surface area contributed by atoms with Crippen LogP contribution in [0.1, 0.15) is 5.56 Å². The molecule has 0 fully saturated rings. The molecule has 0 aliphatic heterocycles. The number of anilines is 2. The van der Waals surface area contributed by atoms with E-state index in [1.54, 1.807) is 26.6 Å². The molecule has 5 nitrogen and oxygen atoms in total. The highest BCUT2D eigenvalue weighted by atomic mass is 16.5. The van der Waals surface area contributed by atoms with Crippen molar-refractivity contribution in [2.75, 3.05) is 25.3 Å². The molecule has 1 aromatic carbocycles. The Bertz CT molecular complexity index is 558. The van der Waals surface area contributed by atoms with Gasteiger partial charge in [-0.15, -0.1) is 0 Å². The van der Waals surface area contributed by atoms with Crippen LogP contribution in [0, 0.1) is 0 Å². The average molecular weight is 259 g/mol. The van der Waals surface area contributed by atoms with E-state index in [-0.39, 0.29) is 0 Å². The molecule has 5 heteroatoms. The molecule has 0 saturated heterocycles. The minimum absolute atomic E-state index is 0.612. The highest BCUT2D eigenvalue weighted by Gasteiger charge is 2.05. The van der Waals surface area contributed by atoms with Crippen LogP contribution in [0.4, 0.5) is 11.4 Å². The topological polar surface area (TPSA) is 69.4 Å². The molecule has 0 bridgehead atoms. The van der Waals surface area contributed by atoms with Crippen molar-refractivity contribution in [1.82, 2.24) is 4.98 Å². The fourth-order valence-electron chi connectivity index (χ4n) is 1.76. The van der Waals surface area contributed by atoms with Crippen LogP contribution in [0.25, 0.3) is 0 Å². The first kappa shape index (κ1) is 13.0. The van der Waals surface area contributed by atoms with Gasteiger partial charge in [0.1, 0.15) is 11.5 Å². The molecule has 0 aliphatic rings. The van der Waals surface area contributed by atoms with Crippen LogP contribution in [0.15, 0.2) is 36.7 Å². The van der Waals surface area contributed by atoms with Crippen LogP contribution in [-0.4, -0.2) is 19.2 Å². The minimum Gasteiger partial charge on any atom is -0.497 e. The van der Waals surface area contributed by atoms with Crippen molar-refractivity contribution in [2.45, 2.75) is 6.54 Å². The summed E-state index contributed by atoms with van der Waals surface area (Å²) in [6, 6.07) is 7.55. The Kier molecular flexibility index (Phi) is 4.07. The van der Waals surface area contributed by atoms with Gasteiger partial charge in [-0.1, -0.05) is 0 Å². The summed E-state index contributed by atoms with van der Waals surface area (Å²) in [6.07, 6.45) is 3.32. The number of rotatable bonds is 5. The van der Waals surface area contributed by atoms with E-state index in [1.165, 1.54) is 0 Å². The zero-order chi connectivity index (χ0) is 13.7. The van der Waals surface area contributed by atoms with Gasteiger partial charge in [-0.2, -0.15) is 0 Å². The Balaban J connectivity index is 2.13. The quantitative estimate of drug-likeness (QED) is 0.862. The van der Waals surface area contributed by atoms with Crippen LogP contribution < -0.4 is 20.5 Å². The van der Waals surface area contributed by atoms with Gasteiger partial charge in [0.25, 0.3) is 0 Å². The van der Waals surface area contributed by atoms with Gasteiger partial charge in [0.15, 0.2) is 0 Å². The van der Waals surface area contributed by atoms with Crippen molar-refractivity contribution in [3.8, 4) is 11.5 Å². The number of hydrogen-bond acceptors (Lipinski definition) is 5. The summed E-state index contributed by atoms with van der Waals surface area (Å²) < 4.78 is 10.5. The Morgan fingerprint density at radius 3 is 2.74 bits per heavy atom. The maximum Gasteiger partial charge on any atom is 0.127 e. The van der Waals surface area contributed by atoms with Crippen LogP contribution >= 0.6 is 0 Å². The number of pyridine rings is 1. The van der Waals surface area contributed by atoms with Gasteiger partial charge in [0.05, 0.1) is 31.8 Å². The zero-order valence-corrected chi connectivity index (χ0v) is 11.0. The zero-order valence-electron chi connectivity index (χ0n) is 11.0. The first-order valence-corrected chi connectivity index (χ1v) is 5.89. The molecule has 0 saturated carbocycles. The number of nitrogens with one attached hydrogen (secondary N) is 1. The summed E-state index contributed by atoms with van der Waals surface area (Å²) >= 11 is 0. The Morgan fingerprint density at radius 2 is 2.05 bits per heavy atom. The van der Waals surface area contributed by atoms with E-state index in [0.29, 0.717) is 12.2 Å². The Hall–Kier alpha value is -2.43. The summed E-state index contributed by atoms with van der Waals surface area (Å²) in [5.74, 6) is 1.54. The summed E-state index contributed by atoms with van der Waals surface area (Å²) in [7, 11) is 3.27. The third-order valence-corrected chi connectivity index (χ3v) is 2.82. The van der Waals surface area contributed by atoms with Crippen molar-refractivity contribution in [3.63, 3.8) is 0 Å². The number of nitrogens with two attached hydrogens (primary N) is 1. The maximum atomic E-state index is 5.82. The van der Waals surface area contributed by atoms with Gasteiger partial charge in [-0.3, -0.25) is 4.98 Å². The van der Waals surface area contributed by atoms with Crippen LogP contribution in [0.2, 0.25) is 0 Å². The van der Waals surface area contributed by atoms with E-state index in [9.17, 15) is 0 Å². The number of aromatic nitrogens is 1. The molecule has 0 radical (unpaired) electrons. The minimum atomic E-state index is 0.612. The predicted molar refractivity (Wildman–Crippen MR) is 75.5 cm³/mol. The lowest BCUT2D eigenvalue weighted by atomic mass is 10.2. The number of methoxy groups -OCH3 is 2. The van der Waals surface area contributed by atoms with Gasteiger partial charge in [0, 0.05) is 24.4 Å². The van der Waals surface area contributed by atoms with Crippen molar-refractivity contribution in [2.24, 2.45) is 0 Å². The SMILES string of the molecule is COc1ccc(CNc2ccncc2N)c(OC)c1. The van der Waals surface area contributed by atoms with E-state index in [2.05, 4.69) is 10.3 Å². The van der Waals surface area contributed by atoms with Crippen LogP contribution in [0.5, 0.6) is 11.5 Å². The molecule has 0 atom stereocenters. The molecule has 0 aliphatic carbocycles. The molecule has 1 heterocycles. The van der Waals surface area contributed by atoms with Gasteiger partial charge < -0.3 is 20.5 Å². The normalized spacial score (nSPS) is 10.0. The van der Waals surface area contributed by atoms with Gasteiger partial charge in [0.2, 0.25) is 0 Å². The largest absolute Gasteiger partial charge is 0.497 e. The molecule has 0 amide bonds. The fraction of sp³-hybridized carbons (Fsp3) is 0.214. The molecular weight excluding hydrogens is 242 g/mol. The number of ether oxygens (including phenoxy) is 2. The maximum absolute atomic E-state index is 5.82. The first-order chi connectivity index (χ1) is 9.24. The van der Waals surface area contributed by atoms with Gasteiger partial charge in [-0.25, -0.2) is 0 Å². The monoisotopic (exact) mass is 259 g/mol. The van der Waals surface area contributed by atoms with Gasteiger partial charge >= 0.3 is 0 Å². The number of nitrogens with zero attached hydrogens (tertiary/aromatic N) is 1. The molecule has 1 aromatic heterocycles. The van der Waals surface area contributed by atoms with Crippen molar-refractivity contribution in [3.05, 3.63) is 42.2 Å². The molecule has 0 spiro atoms. The molecule has 3 N–H and O–H groups in total. The average Bonchev–Trinajstić information content (AvgIpc) is 2.46. The van der Waals surface area contributed by atoms with E-state index >= 15 is 0 Å². The van der Waals surface area contributed by atoms with Crippen molar-refractivity contribution >= 4 is 11.4 Å². The fourth-order valence-corrected chi connectivity index (χ4v) is 1.76. The predicted octanol–water partition coefficient (Wildman–Crippen LogP) is 2.29. The van der Waals surface area contributed by atoms with Crippen LogP contribution in [0.3, 0.4) is 0 Å². The molecular formula is C14H17N3O2. The summed E-state index contributed by atoms with van der Waals surface area (Å²) in [4.78, 5) is 3.95. The first-order valence-electron chi connectivity index (χ1n) is 5.89. The molecule has 2 aromatic rings. The third-order valence-electron chi connectivity index (χ3n) is 2.82. The van der Waals surface area contributed by atoms with Crippen molar-refractivity contribution < 1.29 is 9.47 Å². The molecule has 100 valence electrons. The third kappa shape index (κ3) is 3.07. The van der Waals surface area contributed by atoms with Crippen LogP contribution in [-0.2, 0) is 6.54 Å². The highest BCUT2D eigenvalue weighted by molar-refractivity contribution is 5.64. The Morgan fingerprint density at radius 1 is 1.21 bits per heavy atom. The number of nitrogen functional groups attached to an aromatic ring is 1. The van der Waals surface area contributed by atoms with Gasteiger partial charge in [-0.05, 0) is 18.2 Å². The van der Waals surface area contributed by atoms with E-state index in [0.717, 1.165) is 22.7 Å². The lowest BCUT2D eigenvalue weighted by Gasteiger charge is -2.12. The lowest BCUT2D eigenvalue weighted by Crippen LogP contribution is -2.04. The van der Waals surface area contributed by atoms with E-state index < -0.39 is 0 Å². The number of benzene rings is 1. The summed E-state index contributed by atoms with van der Waals surface area (Å²) in [5.41, 5.74) is 8.33. The Labute approximate surface area is 112 Å². The molecule has 0 unspecified atom stereocenters. The lowest BCUT2D eigenvalue weighted by molar-refractivity contribution is 0.391. The molecule has 19 heavy (non-hydrogen) atoms. The molecule has 2 rings (SSSR count).